The molecule has 0 spiro atoms. The van der Waals surface area contributed by atoms with Crippen molar-refractivity contribution in [2.24, 2.45) is 0 Å². The molecule has 38 heavy (non-hydrogen) atoms. The highest BCUT2D eigenvalue weighted by atomic mass is 127. The Morgan fingerprint density at radius 3 is 2.61 bits per heavy atom. The zero-order valence-electron chi connectivity index (χ0n) is 22.2. The van der Waals surface area contributed by atoms with Crippen LogP contribution < -0.4 is 14.8 Å². The van der Waals surface area contributed by atoms with Gasteiger partial charge in [-0.2, -0.15) is 0 Å². The molecule has 0 radical (unpaired) electrons. The fourth-order valence-electron chi connectivity index (χ4n) is 4.18. The van der Waals surface area contributed by atoms with Crippen molar-refractivity contribution in [2.75, 3.05) is 53.7 Å². The summed E-state index contributed by atoms with van der Waals surface area (Å²) in [6.45, 7) is 3.07. The van der Waals surface area contributed by atoms with Crippen LogP contribution in [0.3, 0.4) is 0 Å². The molecule has 0 saturated carbocycles. The number of hydrogen-bond donors (Lipinski definition) is 4. The van der Waals surface area contributed by atoms with Gasteiger partial charge in [0.25, 0.3) is 0 Å². The van der Waals surface area contributed by atoms with E-state index in [1.165, 1.54) is 14.2 Å². The Morgan fingerprint density at radius 2 is 1.97 bits per heavy atom. The molecule has 12 heteroatoms. The van der Waals surface area contributed by atoms with Gasteiger partial charge in [0, 0.05) is 45.4 Å². The van der Waals surface area contributed by atoms with Crippen LogP contribution in [0.1, 0.15) is 31.7 Å². The SMILES string of the molecule is CCOCCCN(C(=O)CCOC)[C@@H]1CC(C(=O)NCCO)=C[C@H](Oc2c(I)cc(CO)cc2OC)[C@H]1O. The first-order chi connectivity index (χ1) is 18.3. The second kappa shape index (κ2) is 16.9. The molecule has 0 aliphatic heterocycles. The molecule has 0 bridgehead atoms. The maximum atomic E-state index is 13.2. The van der Waals surface area contributed by atoms with Crippen molar-refractivity contribution in [2.45, 2.75) is 51.0 Å². The van der Waals surface area contributed by atoms with Gasteiger partial charge in [-0.1, -0.05) is 0 Å². The molecular weight excluding hydrogens is 611 g/mol. The lowest BCUT2D eigenvalue weighted by molar-refractivity contribution is -0.139. The normalized spacial score (nSPS) is 19.0. The minimum Gasteiger partial charge on any atom is -0.493 e. The van der Waals surface area contributed by atoms with E-state index in [1.807, 2.05) is 6.92 Å². The van der Waals surface area contributed by atoms with E-state index < -0.39 is 24.2 Å². The molecular formula is C26H39IN2O9. The van der Waals surface area contributed by atoms with Crippen LogP contribution in [0, 0.1) is 3.57 Å². The van der Waals surface area contributed by atoms with E-state index in [2.05, 4.69) is 27.9 Å². The van der Waals surface area contributed by atoms with E-state index in [4.69, 9.17) is 24.1 Å². The number of nitrogens with one attached hydrogen (secondary N) is 1. The largest absolute Gasteiger partial charge is 0.493 e. The monoisotopic (exact) mass is 650 g/mol. The van der Waals surface area contributed by atoms with Gasteiger partial charge in [-0.3, -0.25) is 9.59 Å². The highest BCUT2D eigenvalue weighted by Crippen LogP contribution is 2.37. The van der Waals surface area contributed by atoms with Crippen molar-refractivity contribution < 1.29 is 43.9 Å². The third kappa shape index (κ3) is 9.06. The highest BCUT2D eigenvalue weighted by Gasteiger charge is 2.40. The molecule has 3 atom stereocenters. The fourth-order valence-corrected chi connectivity index (χ4v) is 4.98. The van der Waals surface area contributed by atoms with Crippen LogP contribution in [0.4, 0.5) is 0 Å². The average molecular weight is 651 g/mol. The molecule has 2 rings (SSSR count). The van der Waals surface area contributed by atoms with Gasteiger partial charge < -0.3 is 44.5 Å². The first-order valence-electron chi connectivity index (χ1n) is 12.6. The molecule has 2 amide bonds. The third-order valence-electron chi connectivity index (χ3n) is 6.07. The molecule has 4 N–H and O–H groups in total. The Bertz CT molecular complexity index is 944. The number of aliphatic hydroxyl groups is 3. The second-order valence-electron chi connectivity index (χ2n) is 8.66. The van der Waals surface area contributed by atoms with Crippen LogP contribution in [-0.4, -0.2) is 104 Å². The smallest absolute Gasteiger partial charge is 0.247 e. The molecule has 1 aromatic rings. The van der Waals surface area contributed by atoms with Crippen LogP contribution in [0.25, 0.3) is 0 Å². The number of carbonyl (C=O) groups is 2. The quantitative estimate of drug-likeness (QED) is 0.152. The molecule has 0 fully saturated rings. The Kier molecular flexibility index (Phi) is 14.3. The number of ether oxygens (including phenoxy) is 4. The lowest BCUT2D eigenvalue weighted by Gasteiger charge is -2.40. The minimum atomic E-state index is -1.17. The van der Waals surface area contributed by atoms with Crippen molar-refractivity contribution >= 4 is 34.4 Å². The number of benzene rings is 1. The number of methoxy groups -OCH3 is 2. The van der Waals surface area contributed by atoms with Crippen LogP contribution >= 0.6 is 22.6 Å². The van der Waals surface area contributed by atoms with E-state index in [-0.39, 0.29) is 45.1 Å². The predicted molar refractivity (Wildman–Crippen MR) is 148 cm³/mol. The van der Waals surface area contributed by atoms with Crippen molar-refractivity contribution in [1.82, 2.24) is 10.2 Å². The average Bonchev–Trinajstić information content (AvgIpc) is 2.92. The number of aliphatic hydroxyl groups excluding tert-OH is 3. The molecule has 1 aliphatic rings. The summed E-state index contributed by atoms with van der Waals surface area (Å²) in [6, 6.07) is 2.61. The number of amides is 2. The molecule has 1 aromatic carbocycles. The van der Waals surface area contributed by atoms with Gasteiger partial charge in [-0.25, -0.2) is 0 Å². The molecule has 214 valence electrons. The first kappa shape index (κ1) is 32.2. The fraction of sp³-hybridized carbons (Fsp3) is 0.615. The molecule has 11 nitrogen and oxygen atoms in total. The lowest BCUT2D eigenvalue weighted by atomic mass is 9.88. The summed E-state index contributed by atoms with van der Waals surface area (Å²) >= 11 is 2.05. The number of halogens is 1. The number of hydrogen-bond acceptors (Lipinski definition) is 9. The van der Waals surface area contributed by atoms with Crippen molar-refractivity contribution in [3.05, 3.63) is 32.9 Å². The summed E-state index contributed by atoms with van der Waals surface area (Å²) in [7, 11) is 2.98. The zero-order chi connectivity index (χ0) is 28.1. The van der Waals surface area contributed by atoms with E-state index in [1.54, 1.807) is 23.1 Å². The van der Waals surface area contributed by atoms with Gasteiger partial charge in [0.2, 0.25) is 11.8 Å². The summed E-state index contributed by atoms with van der Waals surface area (Å²) in [5.74, 6) is 0.0674. The van der Waals surface area contributed by atoms with Gasteiger partial charge in [0.1, 0.15) is 12.2 Å². The highest BCUT2D eigenvalue weighted by molar-refractivity contribution is 14.1. The Hall–Kier alpha value is -1.97. The van der Waals surface area contributed by atoms with Gasteiger partial charge in [-0.05, 0) is 59.7 Å². The van der Waals surface area contributed by atoms with Gasteiger partial charge >= 0.3 is 0 Å². The van der Waals surface area contributed by atoms with Gasteiger partial charge in [0.15, 0.2) is 11.5 Å². The van der Waals surface area contributed by atoms with Crippen LogP contribution in [-0.2, 0) is 25.7 Å². The van der Waals surface area contributed by atoms with E-state index in [0.29, 0.717) is 52.4 Å². The molecule has 0 saturated heterocycles. The topological polar surface area (TPSA) is 147 Å². The minimum absolute atomic E-state index is 0.0636. The standard InChI is InChI=1S/C26H39IN2O9/c1-4-37-10-5-8-29(23(32)6-11-35-2)20-14-18(26(34)28-7-9-30)15-21(24(20)33)38-25-19(27)12-17(16-31)13-22(25)36-3/h12-13,15,20-21,24,30-31,33H,4-11,14,16H2,1-3H3,(H,28,34)/t20-,21+,24+/m1/s1. The van der Waals surface area contributed by atoms with E-state index in [9.17, 15) is 19.8 Å². The number of nitrogens with zero attached hydrogens (tertiary/aromatic N) is 1. The second-order valence-corrected chi connectivity index (χ2v) is 9.83. The maximum Gasteiger partial charge on any atom is 0.247 e. The van der Waals surface area contributed by atoms with Gasteiger partial charge in [0.05, 0.1) is 43.0 Å². The number of rotatable bonds is 16. The van der Waals surface area contributed by atoms with Crippen LogP contribution in [0.2, 0.25) is 0 Å². The summed E-state index contributed by atoms with van der Waals surface area (Å²) in [5.41, 5.74) is 0.957. The molecule has 0 unspecified atom stereocenters. The van der Waals surface area contributed by atoms with Crippen molar-refractivity contribution in [1.29, 1.82) is 0 Å². The summed E-state index contributed by atoms with van der Waals surface area (Å²) in [4.78, 5) is 27.7. The van der Waals surface area contributed by atoms with E-state index >= 15 is 0 Å². The van der Waals surface area contributed by atoms with Crippen molar-refractivity contribution in [3.8, 4) is 11.5 Å². The Balaban J connectivity index is 2.45. The maximum absolute atomic E-state index is 13.2. The van der Waals surface area contributed by atoms with Crippen LogP contribution in [0.15, 0.2) is 23.8 Å². The summed E-state index contributed by atoms with van der Waals surface area (Å²) in [5, 5.41) is 32.8. The summed E-state index contributed by atoms with van der Waals surface area (Å²) < 4.78 is 22.9. The first-order valence-corrected chi connectivity index (χ1v) is 13.7. The Labute approximate surface area is 237 Å². The summed E-state index contributed by atoms with van der Waals surface area (Å²) in [6.07, 6.45) is 0.150. The van der Waals surface area contributed by atoms with Crippen molar-refractivity contribution in [3.63, 3.8) is 0 Å². The van der Waals surface area contributed by atoms with Crippen LogP contribution in [0.5, 0.6) is 11.5 Å². The third-order valence-corrected chi connectivity index (χ3v) is 6.87. The predicted octanol–water partition coefficient (Wildman–Crippen LogP) is 0.999. The Morgan fingerprint density at radius 1 is 1.21 bits per heavy atom. The van der Waals surface area contributed by atoms with E-state index in [0.717, 1.165) is 0 Å². The molecule has 1 aliphatic carbocycles. The molecule has 0 heterocycles. The zero-order valence-corrected chi connectivity index (χ0v) is 24.3. The lowest BCUT2D eigenvalue weighted by Crippen LogP contribution is -2.55. The molecule has 0 aromatic heterocycles. The van der Waals surface area contributed by atoms with Gasteiger partial charge in [-0.15, -0.1) is 0 Å². The number of carbonyl (C=O) groups excluding carboxylic acids is 2.